The second kappa shape index (κ2) is 7.47. The normalized spacial score (nSPS) is 9.83. The van der Waals surface area contributed by atoms with Gasteiger partial charge < -0.3 is 10.1 Å². The average Bonchev–Trinajstić information content (AvgIpc) is 2.52. The molecule has 11 heteroatoms. The van der Waals surface area contributed by atoms with E-state index in [0.717, 1.165) is 18.2 Å². The molecule has 8 nitrogen and oxygen atoms in total. The standard InChI is InChI=1S/C13H6F3N5O3/c14-13(15,16)7-24-11-2-9(1-10(3-11)21(22)23)20-12(6-19)8(4-17)5-18/h1-3,20H,7H2. The second-order valence-corrected chi connectivity index (χ2v) is 4.09. The molecule has 0 fully saturated rings. The van der Waals surface area contributed by atoms with Gasteiger partial charge in [0.2, 0.25) is 0 Å². The Morgan fingerprint density at radius 3 is 2.29 bits per heavy atom. The van der Waals surface area contributed by atoms with Crippen LogP contribution in [-0.4, -0.2) is 17.7 Å². The molecule has 0 radical (unpaired) electrons. The number of ether oxygens (including phenoxy) is 1. The van der Waals surface area contributed by atoms with Crippen molar-refractivity contribution in [1.29, 1.82) is 15.8 Å². The number of rotatable bonds is 5. The number of anilines is 1. The molecule has 0 aliphatic heterocycles. The number of non-ortho nitro benzene ring substituents is 1. The lowest BCUT2D eigenvalue weighted by Gasteiger charge is -2.11. The molecule has 1 aromatic carbocycles. The van der Waals surface area contributed by atoms with Crippen molar-refractivity contribution in [3.63, 3.8) is 0 Å². The van der Waals surface area contributed by atoms with E-state index in [1.54, 1.807) is 0 Å². The van der Waals surface area contributed by atoms with Gasteiger partial charge in [-0.2, -0.15) is 29.0 Å². The molecule has 0 saturated carbocycles. The molecule has 0 saturated heterocycles. The molecule has 0 unspecified atom stereocenters. The van der Waals surface area contributed by atoms with Crippen molar-refractivity contribution in [2.45, 2.75) is 6.18 Å². The third-order valence-corrected chi connectivity index (χ3v) is 2.36. The van der Waals surface area contributed by atoms with Gasteiger partial charge in [0.1, 0.15) is 29.7 Å². The molecule has 0 atom stereocenters. The number of halogens is 3. The van der Waals surface area contributed by atoms with E-state index in [1.807, 2.05) is 0 Å². The summed E-state index contributed by atoms with van der Waals surface area (Å²) in [4.78, 5) is 9.95. The Bertz CT molecular complexity index is 796. The topological polar surface area (TPSA) is 136 Å². The van der Waals surface area contributed by atoms with E-state index in [0.29, 0.717) is 0 Å². The fraction of sp³-hybridized carbons (Fsp3) is 0.154. The molecule has 1 N–H and O–H groups in total. The largest absolute Gasteiger partial charge is 0.484 e. The number of hydrogen-bond acceptors (Lipinski definition) is 7. The highest BCUT2D eigenvalue weighted by atomic mass is 19.4. The van der Waals surface area contributed by atoms with E-state index in [-0.39, 0.29) is 5.69 Å². The summed E-state index contributed by atoms with van der Waals surface area (Å²) in [6.45, 7) is -1.67. The van der Waals surface area contributed by atoms with Crippen LogP contribution in [0.25, 0.3) is 0 Å². The number of alkyl halides is 3. The molecule has 24 heavy (non-hydrogen) atoms. The van der Waals surface area contributed by atoms with Crippen molar-refractivity contribution in [2.75, 3.05) is 11.9 Å². The molecular formula is C13H6F3N5O3. The monoisotopic (exact) mass is 337 g/mol. The zero-order valence-corrected chi connectivity index (χ0v) is 11.6. The van der Waals surface area contributed by atoms with Gasteiger partial charge in [-0.15, -0.1) is 0 Å². The van der Waals surface area contributed by atoms with Crippen molar-refractivity contribution in [3.8, 4) is 24.0 Å². The first kappa shape index (κ1) is 18.3. The first-order valence-corrected chi connectivity index (χ1v) is 5.90. The lowest BCUT2D eigenvalue weighted by Crippen LogP contribution is -2.19. The third kappa shape index (κ3) is 5.20. The van der Waals surface area contributed by atoms with Crippen LogP contribution in [0.1, 0.15) is 0 Å². The van der Waals surface area contributed by atoms with E-state index in [1.165, 1.54) is 18.2 Å². The highest BCUT2D eigenvalue weighted by Crippen LogP contribution is 2.28. The number of nitro groups is 1. The summed E-state index contributed by atoms with van der Waals surface area (Å²) in [5, 5.41) is 39.4. The number of benzene rings is 1. The van der Waals surface area contributed by atoms with E-state index in [9.17, 15) is 23.3 Å². The summed E-state index contributed by atoms with van der Waals surface area (Å²) in [5.74, 6) is -0.475. The van der Waals surface area contributed by atoms with Gasteiger partial charge in [0, 0.05) is 17.8 Å². The summed E-state index contributed by atoms with van der Waals surface area (Å²) >= 11 is 0. The highest BCUT2D eigenvalue weighted by Gasteiger charge is 2.28. The van der Waals surface area contributed by atoms with Crippen LogP contribution >= 0.6 is 0 Å². The molecule has 1 rings (SSSR count). The lowest BCUT2D eigenvalue weighted by molar-refractivity contribution is -0.384. The van der Waals surface area contributed by atoms with E-state index in [2.05, 4.69) is 10.1 Å². The highest BCUT2D eigenvalue weighted by molar-refractivity contribution is 5.63. The zero-order chi connectivity index (χ0) is 18.3. The van der Waals surface area contributed by atoms with Gasteiger partial charge in [-0.3, -0.25) is 10.1 Å². The number of nitriles is 3. The fourth-order valence-corrected chi connectivity index (χ4v) is 1.44. The van der Waals surface area contributed by atoms with Crippen LogP contribution in [0.4, 0.5) is 24.5 Å². The van der Waals surface area contributed by atoms with Crippen molar-refractivity contribution in [2.24, 2.45) is 0 Å². The van der Waals surface area contributed by atoms with Crippen molar-refractivity contribution < 1.29 is 22.8 Å². The Labute approximate surface area is 132 Å². The van der Waals surface area contributed by atoms with Crippen LogP contribution in [0.3, 0.4) is 0 Å². The maximum absolute atomic E-state index is 12.2. The van der Waals surface area contributed by atoms with Gasteiger partial charge in [0.25, 0.3) is 5.69 Å². The molecule has 0 bridgehead atoms. The summed E-state index contributed by atoms with van der Waals surface area (Å²) in [5.41, 5.74) is -1.91. The van der Waals surface area contributed by atoms with Crippen LogP contribution in [0.5, 0.6) is 5.75 Å². The molecule has 0 spiro atoms. The first-order valence-electron chi connectivity index (χ1n) is 5.90. The molecule has 0 aromatic heterocycles. The predicted octanol–water partition coefficient (Wildman–Crippen LogP) is 2.77. The fourth-order valence-electron chi connectivity index (χ4n) is 1.44. The maximum atomic E-state index is 12.2. The van der Waals surface area contributed by atoms with Gasteiger partial charge in [0.15, 0.2) is 12.2 Å². The quantitative estimate of drug-likeness (QED) is 0.495. The van der Waals surface area contributed by atoms with Crippen molar-refractivity contribution in [3.05, 3.63) is 39.6 Å². The lowest BCUT2D eigenvalue weighted by atomic mass is 10.2. The van der Waals surface area contributed by atoms with E-state index >= 15 is 0 Å². The molecule has 0 aliphatic carbocycles. The van der Waals surface area contributed by atoms with Gasteiger partial charge in [0.05, 0.1) is 11.0 Å². The minimum absolute atomic E-state index is 0.194. The van der Waals surface area contributed by atoms with Gasteiger partial charge in [-0.25, -0.2) is 0 Å². The summed E-state index contributed by atoms with van der Waals surface area (Å²) in [6.07, 6.45) is -4.65. The van der Waals surface area contributed by atoms with Crippen LogP contribution in [0.2, 0.25) is 0 Å². The van der Waals surface area contributed by atoms with Crippen LogP contribution in [-0.2, 0) is 0 Å². The van der Waals surface area contributed by atoms with Gasteiger partial charge in [-0.1, -0.05) is 0 Å². The Balaban J connectivity index is 3.24. The van der Waals surface area contributed by atoms with E-state index < -0.39 is 40.4 Å². The van der Waals surface area contributed by atoms with Crippen LogP contribution in [0.15, 0.2) is 29.5 Å². The average molecular weight is 337 g/mol. The minimum Gasteiger partial charge on any atom is -0.484 e. The molecule has 0 amide bonds. The minimum atomic E-state index is -4.65. The maximum Gasteiger partial charge on any atom is 0.422 e. The molecule has 0 aliphatic rings. The molecule has 0 heterocycles. The Kier molecular flexibility index (Phi) is 5.69. The number of nitrogens with one attached hydrogen (secondary N) is 1. The predicted molar refractivity (Wildman–Crippen MR) is 72.1 cm³/mol. The SMILES string of the molecule is N#CC(C#N)=C(C#N)Nc1cc(OCC(F)(F)F)cc([N+](=O)[O-])c1. The molecule has 122 valence electrons. The van der Waals surface area contributed by atoms with Crippen LogP contribution in [0, 0.1) is 44.1 Å². The third-order valence-electron chi connectivity index (χ3n) is 2.36. The zero-order valence-electron chi connectivity index (χ0n) is 11.6. The van der Waals surface area contributed by atoms with Crippen LogP contribution < -0.4 is 10.1 Å². The number of hydrogen-bond donors (Lipinski definition) is 1. The molecule has 1 aromatic rings. The Hall–Kier alpha value is -3.78. The summed E-state index contributed by atoms with van der Waals surface area (Å²) in [7, 11) is 0. The van der Waals surface area contributed by atoms with Gasteiger partial charge >= 0.3 is 6.18 Å². The van der Waals surface area contributed by atoms with Crippen molar-refractivity contribution in [1.82, 2.24) is 0 Å². The van der Waals surface area contributed by atoms with E-state index in [4.69, 9.17) is 15.8 Å². The summed E-state index contributed by atoms with van der Waals surface area (Å²) < 4.78 is 40.9. The smallest absolute Gasteiger partial charge is 0.422 e. The van der Waals surface area contributed by atoms with Gasteiger partial charge in [-0.05, 0) is 0 Å². The number of nitro benzene ring substituents is 1. The Morgan fingerprint density at radius 2 is 1.83 bits per heavy atom. The Morgan fingerprint density at radius 1 is 1.21 bits per heavy atom. The number of allylic oxidation sites excluding steroid dienone is 2. The second-order valence-electron chi connectivity index (χ2n) is 4.09. The van der Waals surface area contributed by atoms with Crippen molar-refractivity contribution >= 4 is 11.4 Å². The number of nitrogens with zero attached hydrogens (tertiary/aromatic N) is 4. The summed E-state index contributed by atoms with van der Waals surface area (Å²) in [6, 6.07) is 7.02. The molecular weight excluding hydrogens is 331 g/mol. The first-order chi connectivity index (χ1) is 11.2.